The standard InChI is InChI=1S/C16H21N3O/c1-13-3-2-10-19(12-13)16(20)8-9-18-15-6-4-14(11-17)5-7-15/h4-7,13,18H,2-3,8-10,12H2,1H3. The molecule has 4 heteroatoms. The molecule has 1 heterocycles. The number of nitrogens with zero attached hydrogens (tertiary/aromatic N) is 2. The van der Waals surface area contributed by atoms with Crippen LogP contribution in [0.2, 0.25) is 0 Å². The van der Waals surface area contributed by atoms with Gasteiger partial charge in [-0.2, -0.15) is 5.26 Å². The van der Waals surface area contributed by atoms with Crippen molar-refractivity contribution in [3.05, 3.63) is 29.8 Å². The molecule has 0 aliphatic carbocycles. The quantitative estimate of drug-likeness (QED) is 0.915. The first-order valence-electron chi connectivity index (χ1n) is 7.21. The number of benzene rings is 1. The summed E-state index contributed by atoms with van der Waals surface area (Å²) in [6.07, 6.45) is 2.87. The lowest BCUT2D eigenvalue weighted by Gasteiger charge is -2.31. The third kappa shape index (κ3) is 3.99. The summed E-state index contributed by atoms with van der Waals surface area (Å²) in [7, 11) is 0. The highest BCUT2D eigenvalue weighted by Gasteiger charge is 2.20. The second-order valence-corrected chi connectivity index (χ2v) is 5.45. The molecule has 0 spiro atoms. The van der Waals surface area contributed by atoms with Crippen LogP contribution < -0.4 is 5.32 Å². The van der Waals surface area contributed by atoms with E-state index in [4.69, 9.17) is 5.26 Å². The minimum Gasteiger partial charge on any atom is -0.385 e. The Morgan fingerprint density at radius 2 is 2.20 bits per heavy atom. The van der Waals surface area contributed by atoms with E-state index in [9.17, 15) is 4.79 Å². The summed E-state index contributed by atoms with van der Waals surface area (Å²) in [5.41, 5.74) is 1.60. The SMILES string of the molecule is CC1CCCN(C(=O)CCNc2ccc(C#N)cc2)C1. The summed E-state index contributed by atoms with van der Waals surface area (Å²) in [6.45, 7) is 4.64. The fourth-order valence-corrected chi connectivity index (χ4v) is 2.55. The number of hydrogen-bond acceptors (Lipinski definition) is 3. The van der Waals surface area contributed by atoms with Crippen molar-refractivity contribution in [3.63, 3.8) is 0 Å². The molecule has 1 aliphatic heterocycles. The third-order valence-corrected chi connectivity index (χ3v) is 3.69. The van der Waals surface area contributed by atoms with Gasteiger partial charge in [0.05, 0.1) is 11.6 Å². The Kier molecular flexibility index (Phi) is 5.00. The summed E-state index contributed by atoms with van der Waals surface area (Å²) >= 11 is 0. The number of rotatable bonds is 4. The highest BCUT2D eigenvalue weighted by atomic mass is 16.2. The van der Waals surface area contributed by atoms with Gasteiger partial charge in [0, 0.05) is 31.7 Å². The maximum absolute atomic E-state index is 12.1. The van der Waals surface area contributed by atoms with Crippen molar-refractivity contribution in [3.8, 4) is 6.07 Å². The zero-order valence-corrected chi connectivity index (χ0v) is 11.9. The lowest BCUT2D eigenvalue weighted by molar-refractivity contribution is -0.132. The number of hydrogen-bond donors (Lipinski definition) is 1. The molecule has 1 N–H and O–H groups in total. The Morgan fingerprint density at radius 3 is 2.85 bits per heavy atom. The van der Waals surface area contributed by atoms with E-state index in [0.717, 1.165) is 25.2 Å². The predicted octanol–water partition coefficient (Wildman–Crippen LogP) is 2.62. The lowest BCUT2D eigenvalue weighted by atomic mass is 10.00. The summed E-state index contributed by atoms with van der Waals surface area (Å²) in [5.74, 6) is 0.858. The number of amides is 1. The molecule has 1 aliphatic rings. The fourth-order valence-electron chi connectivity index (χ4n) is 2.55. The smallest absolute Gasteiger partial charge is 0.224 e. The molecule has 1 amide bonds. The molecule has 1 atom stereocenters. The van der Waals surface area contributed by atoms with Crippen molar-refractivity contribution in [1.29, 1.82) is 5.26 Å². The van der Waals surface area contributed by atoms with Crippen LogP contribution in [-0.4, -0.2) is 30.4 Å². The van der Waals surface area contributed by atoms with Crippen LogP contribution in [0.5, 0.6) is 0 Å². The van der Waals surface area contributed by atoms with Gasteiger partial charge >= 0.3 is 0 Å². The van der Waals surface area contributed by atoms with Crippen LogP contribution in [0.3, 0.4) is 0 Å². The van der Waals surface area contributed by atoms with Gasteiger partial charge in [-0.25, -0.2) is 0 Å². The van der Waals surface area contributed by atoms with Crippen LogP contribution in [0.25, 0.3) is 0 Å². The number of carbonyl (C=O) groups is 1. The van der Waals surface area contributed by atoms with E-state index >= 15 is 0 Å². The molecule has 0 saturated carbocycles. The van der Waals surface area contributed by atoms with Crippen LogP contribution in [0, 0.1) is 17.2 Å². The third-order valence-electron chi connectivity index (χ3n) is 3.69. The second kappa shape index (κ2) is 6.95. The van der Waals surface area contributed by atoms with Gasteiger partial charge in [-0.1, -0.05) is 6.92 Å². The van der Waals surface area contributed by atoms with E-state index in [-0.39, 0.29) is 5.91 Å². The topological polar surface area (TPSA) is 56.1 Å². The van der Waals surface area contributed by atoms with Crippen LogP contribution in [0.4, 0.5) is 5.69 Å². The molecule has 1 aromatic rings. The molecule has 0 aromatic heterocycles. The zero-order chi connectivity index (χ0) is 14.4. The van der Waals surface area contributed by atoms with E-state index in [1.54, 1.807) is 12.1 Å². The van der Waals surface area contributed by atoms with E-state index in [1.165, 1.54) is 6.42 Å². The van der Waals surface area contributed by atoms with Crippen LogP contribution >= 0.6 is 0 Å². The Hall–Kier alpha value is -2.02. The van der Waals surface area contributed by atoms with Gasteiger partial charge in [-0.3, -0.25) is 4.79 Å². The Balaban J connectivity index is 1.74. The molecular formula is C16H21N3O. The monoisotopic (exact) mass is 271 g/mol. The van der Waals surface area contributed by atoms with Crippen LogP contribution in [0.1, 0.15) is 31.7 Å². The molecule has 1 saturated heterocycles. The van der Waals surface area contributed by atoms with Gasteiger partial charge in [-0.05, 0) is 43.0 Å². The highest BCUT2D eigenvalue weighted by molar-refractivity contribution is 5.76. The molecule has 20 heavy (non-hydrogen) atoms. The van der Waals surface area contributed by atoms with Crippen molar-refractivity contribution in [2.24, 2.45) is 5.92 Å². The predicted molar refractivity (Wildman–Crippen MR) is 79.2 cm³/mol. The first-order valence-corrected chi connectivity index (χ1v) is 7.21. The van der Waals surface area contributed by atoms with E-state index < -0.39 is 0 Å². The lowest BCUT2D eigenvalue weighted by Crippen LogP contribution is -2.39. The molecule has 1 fully saturated rings. The van der Waals surface area contributed by atoms with Crippen LogP contribution in [0.15, 0.2) is 24.3 Å². The zero-order valence-electron chi connectivity index (χ0n) is 11.9. The van der Waals surface area contributed by atoms with Crippen molar-refractivity contribution >= 4 is 11.6 Å². The summed E-state index contributed by atoms with van der Waals surface area (Å²) in [6, 6.07) is 9.37. The van der Waals surface area contributed by atoms with Crippen molar-refractivity contribution in [2.45, 2.75) is 26.2 Å². The van der Waals surface area contributed by atoms with Gasteiger partial charge in [0.2, 0.25) is 5.91 Å². The van der Waals surface area contributed by atoms with Gasteiger partial charge in [0.15, 0.2) is 0 Å². The molecular weight excluding hydrogens is 250 g/mol. The molecule has 1 unspecified atom stereocenters. The average molecular weight is 271 g/mol. The van der Waals surface area contributed by atoms with Crippen molar-refractivity contribution in [1.82, 2.24) is 4.90 Å². The minimum absolute atomic E-state index is 0.234. The maximum Gasteiger partial charge on any atom is 0.224 e. The number of likely N-dealkylation sites (tertiary alicyclic amines) is 1. The number of piperidine rings is 1. The summed E-state index contributed by atoms with van der Waals surface area (Å²) in [4.78, 5) is 14.1. The normalized spacial score (nSPS) is 18.4. The molecule has 4 nitrogen and oxygen atoms in total. The number of anilines is 1. The molecule has 2 rings (SSSR count). The highest BCUT2D eigenvalue weighted by Crippen LogP contribution is 2.16. The second-order valence-electron chi connectivity index (χ2n) is 5.45. The molecule has 0 radical (unpaired) electrons. The molecule has 1 aromatic carbocycles. The van der Waals surface area contributed by atoms with Crippen molar-refractivity contribution in [2.75, 3.05) is 25.0 Å². The van der Waals surface area contributed by atoms with Crippen molar-refractivity contribution < 1.29 is 4.79 Å². The average Bonchev–Trinajstić information content (AvgIpc) is 2.48. The molecule has 0 bridgehead atoms. The summed E-state index contributed by atoms with van der Waals surface area (Å²) < 4.78 is 0. The molecule has 106 valence electrons. The maximum atomic E-state index is 12.1. The van der Waals surface area contributed by atoms with Gasteiger partial charge in [0.25, 0.3) is 0 Å². The fraction of sp³-hybridized carbons (Fsp3) is 0.500. The van der Waals surface area contributed by atoms with E-state index in [0.29, 0.717) is 24.4 Å². The number of nitriles is 1. The Labute approximate surface area is 120 Å². The number of nitrogens with one attached hydrogen (secondary N) is 1. The van der Waals surface area contributed by atoms with Gasteiger partial charge in [-0.15, -0.1) is 0 Å². The van der Waals surface area contributed by atoms with E-state index in [2.05, 4.69) is 18.3 Å². The van der Waals surface area contributed by atoms with E-state index in [1.807, 2.05) is 17.0 Å². The van der Waals surface area contributed by atoms with Gasteiger partial charge < -0.3 is 10.2 Å². The Morgan fingerprint density at radius 1 is 1.45 bits per heavy atom. The Bertz CT molecular complexity index is 489. The number of carbonyl (C=O) groups excluding carboxylic acids is 1. The van der Waals surface area contributed by atoms with Crippen LogP contribution in [-0.2, 0) is 4.79 Å². The minimum atomic E-state index is 0.234. The largest absolute Gasteiger partial charge is 0.385 e. The summed E-state index contributed by atoms with van der Waals surface area (Å²) in [5, 5.41) is 11.9. The first kappa shape index (κ1) is 14.4. The van der Waals surface area contributed by atoms with Gasteiger partial charge in [0.1, 0.15) is 0 Å². The first-order chi connectivity index (χ1) is 9.69.